The van der Waals surface area contributed by atoms with Crippen LogP contribution in [0.5, 0.6) is 5.75 Å². The number of carbonyl (C=O) groups excluding carboxylic acids is 2. The number of anilines is 1. The highest BCUT2D eigenvalue weighted by atomic mass is 35.5. The first-order valence-corrected chi connectivity index (χ1v) is 12.3. The molecule has 4 rings (SSSR count). The van der Waals surface area contributed by atoms with Crippen molar-refractivity contribution < 1.29 is 22.7 Å². The summed E-state index contributed by atoms with van der Waals surface area (Å²) in [6.45, 7) is 4.39. The van der Waals surface area contributed by atoms with E-state index in [-0.39, 0.29) is 53.7 Å². The van der Waals surface area contributed by atoms with Crippen molar-refractivity contribution in [3.8, 4) is 5.75 Å². The normalized spacial score (nSPS) is 19.2. The summed E-state index contributed by atoms with van der Waals surface area (Å²) in [5.41, 5.74) is 2.39. The molecule has 0 radical (unpaired) electrons. The van der Waals surface area contributed by atoms with Crippen LogP contribution < -0.4 is 10.1 Å². The lowest BCUT2D eigenvalue weighted by Crippen LogP contribution is -2.50. The zero-order chi connectivity index (χ0) is 23.8. The molecule has 174 valence electrons. The number of aryl methyl sites for hydroxylation is 1. The van der Waals surface area contributed by atoms with Gasteiger partial charge in [-0.2, -0.15) is 4.31 Å². The molecule has 1 saturated heterocycles. The molecule has 1 atom stereocenters. The molecule has 1 N–H and O–H groups in total. The minimum Gasteiger partial charge on any atom is -0.479 e. The molecule has 8 nitrogen and oxygen atoms in total. The van der Waals surface area contributed by atoms with E-state index in [2.05, 4.69) is 5.32 Å². The Kier molecular flexibility index (Phi) is 6.47. The van der Waals surface area contributed by atoms with Gasteiger partial charge in [0.1, 0.15) is 10.6 Å². The quantitative estimate of drug-likeness (QED) is 0.666. The number of benzene rings is 2. The molecule has 2 aromatic rings. The second-order valence-electron chi connectivity index (χ2n) is 8.00. The number of halogens is 1. The standard InChI is InChI=1S/C23H24ClN3O5S/c1-15-3-5-17(6-4-15)7-8-22(28)26-9-11-27(12-10-26)33(30,31)21-14-20-19(13-18(21)24)25-23(29)16(2)32-20/h3-8,13-14,16H,9-12H2,1-2H3,(H,25,29). The lowest BCUT2D eigenvalue weighted by Gasteiger charge is -2.34. The van der Waals surface area contributed by atoms with Gasteiger partial charge in [0.15, 0.2) is 6.10 Å². The van der Waals surface area contributed by atoms with Gasteiger partial charge in [-0.3, -0.25) is 9.59 Å². The number of amides is 2. The Morgan fingerprint density at radius 2 is 1.82 bits per heavy atom. The summed E-state index contributed by atoms with van der Waals surface area (Å²) < 4.78 is 33.3. The number of nitrogens with one attached hydrogen (secondary N) is 1. The summed E-state index contributed by atoms with van der Waals surface area (Å²) >= 11 is 6.25. The molecule has 2 aliphatic heterocycles. The SMILES string of the molecule is Cc1ccc(C=CC(=O)N2CCN(S(=O)(=O)c3cc4c(cc3Cl)NC(=O)C(C)O4)CC2)cc1. The van der Waals surface area contributed by atoms with Crippen LogP contribution in [-0.4, -0.2) is 61.7 Å². The number of nitrogens with zero attached hydrogens (tertiary/aromatic N) is 2. The Bertz CT molecular complexity index is 1220. The molecule has 2 aromatic carbocycles. The molecule has 0 aromatic heterocycles. The largest absolute Gasteiger partial charge is 0.479 e. The third kappa shape index (κ3) is 4.90. The number of ether oxygens (including phenoxy) is 1. The van der Waals surface area contributed by atoms with Crippen LogP contribution in [-0.2, 0) is 19.6 Å². The minimum absolute atomic E-state index is 0.00765. The predicted octanol–water partition coefficient (Wildman–Crippen LogP) is 2.91. The fourth-order valence-corrected chi connectivity index (χ4v) is 5.58. The van der Waals surface area contributed by atoms with Crippen LogP contribution in [0.2, 0.25) is 5.02 Å². The first kappa shape index (κ1) is 23.3. The lowest BCUT2D eigenvalue weighted by molar-refractivity contribution is -0.127. The highest BCUT2D eigenvalue weighted by Crippen LogP contribution is 2.38. The third-order valence-electron chi connectivity index (χ3n) is 5.63. The highest BCUT2D eigenvalue weighted by molar-refractivity contribution is 7.89. The van der Waals surface area contributed by atoms with Crippen LogP contribution in [0.15, 0.2) is 47.4 Å². The Morgan fingerprint density at radius 3 is 2.48 bits per heavy atom. The van der Waals surface area contributed by atoms with Crippen molar-refractivity contribution in [1.82, 2.24) is 9.21 Å². The zero-order valence-corrected chi connectivity index (χ0v) is 19.8. The van der Waals surface area contributed by atoms with Crippen molar-refractivity contribution in [3.63, 3.8) is 0 Å². The molecular formula is C23H24ClN3O5S. The van der Waals surface area contributed by atoms with Gasteiger partial charge in [0.25, 0.3) is 5.91 Å². The summed E-state index contributed by atoms with van der Waals surface area (Å²) in [5, 5.41) is 2.64. The van der Waals surface area contributed by atoms with E-state index in [1.165, 1.54) is 22.5 Å². The second kappa shape index (κ2) is 9.17. The third-order valence-corrected chi connectivity index (χ3v) is 7.99. The van der Waals surface area contributed by atoms with Crippen LogP contribution in [0.3, 0.4) is 0 Å². The van der Waals surface area contributed by atoms with Gasteiger partial charge < -0.3 is 15.0 Å². The van der Waals surface area contributed by atoms with Gasteiger partial charge in [-0.1, -0.05) is 41.4 Å². The van der Waals surface area contributed by atoms with Crippen molar-refractivity contribution in [2.24, 2.45) is 0 Å². The highest BCUT2D eigenvalue weighted by Gasteiger charge is 2.33. The van der Waals surface area contributed by atoms with E-state index in [0.717, 1.165) is 11.1 Å². The Morgan fingerprint density at radius 1 is 1.15 bits per heavy atom. The number of fused-ring (bicyclic) bond motifs is 1. The average molecular weight is 490 g/mol. The molecule has 0 aliphatic carbocycles. The van der Waals surface area contributed by atoms with Crippen molar-refractivity contribution >= 4 is 45.2 Å². The smallest absolute Gasteiger partial charge is 0.265 e. The Balaban J connectivity index is 1.44. The monoisotopic (exact) mass is 489 g/mol. The molecule has 33 heavy (non-hydrogen) atoms. The lowest BCUT2D eigenvalue weighted by atomic mass is 10.1. The number of hydrogen-bond acceptors (Lipinski definition) is 5. The molecule has 2 aliphatic rings. The minimum atomic E-state index is -3.91. The summed E-state index contributed by atoms with van der Waals surface area (Å²) in [6, 6.07) is 10.5. The zero-order valence-electron chi connectivity index (χ0n) is 18.2. The van der Waals surface area contributed by atoms with Gasteiger partial charge in [-0.15, -0.1) is 0 Å². The summed E-state index contributed by atoms with van der Waals surface area (Å²) in [4.78, 5) is 25.8. The van der Waals surface area contributed by atoms with E-state index < -0.39 is 16.1 Å². The Hall–Kier alpha value is -2.88. The number of hydrogen-bond donors (Lipinski definition) is 1. The topological polar surface area (TPSA) is 96.0 Å². The molecule has 0 spiro atoms. The number of carbonyl (C=O) groups is 2. The maximum Gasteiger partial charge on any atom is 0.265 e. The van der Waals surface area contributed by atoms with E-state index in [1.54, 1.807) is 17.9 Å². The van der Waals surface area contributed by atoms with Crippen LogP contribution in [0, 0.1) is 6.92 Å². The van der Waals surface area contributed by atoms with Gasteiger partial charge in [0, 0.05) is 38.3 Å². The van der Waals surface area contributed by atoms with Crippen molar-refractivity contribution in [3.05, 3.63) is 58.6 Å². The molecular weight excluding hydrogens is 466 g/mol. The fraction of sp³-hybridized carbons (Fsp3) is 0.304. The second-order valence-corrected chi connectivity index (χ2v) is 10.3. The first-order chi connectivity index (χ1) is 15.6. The van der Waals surface area contributed by atoms with Crippen LogP contribution in [0.25, 0.3) is 6.08 Å². The van der Waals surface area contributed by atoms with Gasteiger partial charge >= 0.3 is 0 Å². The number of sulfonamides is 1. The van der Waals surface area contributed by atoms with Crippen LogP contribution in [0.1, 0.15) is 18.1 Å². The maximum atomic E-state index is 13.2. The van der Waals surface area contributed by atoms with E-state index >= 15 is 0 Å². The molecule has 0 bridgehead atoms. The van der Waals surface area contributed by atoms with E-state index in [0.29, 0.717) is 5.69 Å². The summed E-state index contributed by atoms with van der Waals surface area (Å²) in [7, 11) is -3.91. The van der Waals surface area contributed by atoms with Gasteiger partial charge in [-0.05, 0) is 31.6 Å². The molecule has 0 saturated carbocycles. The van der Waals surface area contributed by atoms with Crippen molar-refractivity contribution in [2.75, 3.05) is 31.5 Å². The molecule has 1 unspecified atom stereocenters. The van der Waals surface area contributed by atoms with Crippen molar-refractivity contribution in [2.45, 2.75) is 24.8 Å². The summed E-state index contributed by atoms with van der Waals surface area (Å²) in [5.74, 6) is -0.246. The van der Waals surface area contributed by atoms with Crippen molar-refractivity contribution in [1.29, 1.82) is 0 Å². The van der Waals surface area contributed by atoms with Gasteiger partial charge in [-0.25, -0.2) is 8.42 Å². The van der Waals surface area contributed by atoms with E-state index in [9.17, 15) is 18.0 Å². The van der Waals surface area contributed by atoms with Gasteiger partial charge in [0.2, 0.25) is 15.9 Å². The molecule has 10 heteroatoms. The molecule has 2 heterocycles. The van der Waals surface area contributed by atoms with Crippen LogP contribution >= 0.6 is 11.6 Å². The van der Waals surface area contributed by atoms with E-state index in [4.69, 9.17) is 16.3 Å². The summed E-state index contributed by atoms with van der Waals surface area (Å²) in [6.07, 6.45) is 2.51. The van der Waals surface area contributed by atoms with Crippen LogP contribution in [0.4, 0.5) is 5.69 Å². The fourth-order valence-electron chi connectivity index (χ4n) is 3.64. The van der Waals surface area contributed by atoms with Gasteiger partial charge in [0.05, 0.1) is 10.7 Å². The molecule has 2 amide bonds. The first-order valence-electron chi connectivity index (χ1n) is 10.5. The predicted molar refractivity (Wildman–Crippen MR) is 126 cm³/mol. The molecule has 1 fully saturated rings. The maximum absolute atomic E-state index is 13.2. The average Bonchev–Trinajstić information content (AvgIpc) is 2.79. The number of rotatable bonds is 4. The Labute approximate surface area is 197 Å². The van der Waals surface area contributed by atoms with E-state index in [1.807, 2.05) is 31.2 Å². The number of piperazine rings is 1.